The Hall–Kier alpha value is -0.320. The minimum Gasteiger partial charge on any atom is -0.375 e. The fourth-order valence-electron chi connectivity index (χ4n) is 8.34. The van der Waals surface area contributed by atoms with E-state index in [4.69, 9.17) is 4.74 Å². The zero-order valence-corrected chi connectivity index (χ0v) is 22.9. The second kappa shape index (κ2) is 13.7. The zero-order chi connectivity index (χ0) is 25.7. The van der Waals surface area contributed by atoms with Crippen LogP contribution in [0.2, 0.25) is 0 Å². The van der Waals surface area contributed by atoms with Gasteiger partial charge in [0, 0.05) is 6.61 Å². The van der Waals surface area contributed by atoms with Crippen molar-refractivity contribution in [3.8, 4) is 0 Å². The lowest BCUT2D eigenvalue weighted by Crippen LogP contribution is -2.45. The Labute approximate surface area is 217 Å². The maximum absolute atomic E-state index is 15.4. The van der Waals surface area contributed by atoms with Crippen molar-refractivity contribution >= 4 is 0 Å². The average Bonchev–Trinajstić information content (AvgIpc) is 2.91. The zero-order valence-electron chi connectivity index (χ0n) is 22.9. The van der Waals surface area contributed by atoms with Crippen LogP contribution in [0.3, 0.4) is 0 Å². The van der Waals surface area contributed by atoms with E-state index in [1.807, 2.05) is 0 Å². The normalized spacial score (nSPS) is 46.5. The third kappa shape index (κ3) is 6.81. The highest BCUT2D eigenvalue weighted by Gasteiger charge is 2.47. The summed E-state index contributed by atoms with van der Waals surface area (Å²) in [5, 5.41) is 0. The Morgan fingerprint density at radius 1 is 0.583 bits per heavy atom. The first kappa shape index (κ1) is 28.7. The maximum Gasteiger partial charge on any atom is 0.157 e. The van der Waals surface area contributed by atoms with Crippen LogP contribution in [0.5, 0.6) is 0 Å². The first-order valence-corrected chi connectivity index (χ1v) is 15.6. The van der Waals surface area contributed by atoms with Gasteiger partial charge in [-0.1, -0.05) is 46.0 Å². The van der Waals surface area contributed by atoms with Crippen molar-refractivity contribution < 1.29 is 22.3 Å². The van der Waals surface area contributed by atoms with Crippen molar-refractivity contribution in [2.45, 2.75) is 147 Å². The highest BCUT2D eigenvalue weighted by atomic mass is 19.2. The van der Waals surface area contributed by atoms with Gasteiger partial charge in [0.15, 0.2) is 6.17 Å². The molecule has 0 aromatic heterocycles. The van der Waals surface area contributed by atoms with E-state index < -0.39 is 30.8 Å². The summed E-state index contributed by atoms with van der Waals surface area (Å²) >= 11 is 0. The number of alkyl halides is 4. The summed E-state index contributed by atoms with van der Waals surface area (Å²) in [5.41, 5.74) is 0. The molecule has 0 aromatic carbocycles. The highest BCUT2D eigenvalue weighted by molar-refractivity contribution is 4.95. The van der Waals surface area contributed by atoms with Crippen LogP contribution in [0.4, 0.5) is 17.6 Å². The molecule has 1 nitrogen and oxygen atoms in total. The molecule has 0 N–H and O–H groups in total. The van der Waals surface area contributed by atoms with Crippen molar-refractivity contribution in [3.63, 3.8) is 0 Å². The monoisotopic (exact) mass is 516 g/mol. The lowest BCUT2D eigenvalue weighted by atomic mass is 9.63. The fraction of sp³-hybridized carbons (Fsp3) is 1.00. The van der Waals surface area contributed by atoms with Gasteiger partial charge in [0.1, 0.15) is 18.5 Å². The number of hydrogen-bond acceptors (Lipinski definition) is 1. The first-order valence-electron chi connectivity index (χ1n) is 15.6. The van der Waals surface area contributed by atoms with Gasteiger partial charge >= 0.3 is 0 Å². The molecule has 8 atom stereocenters. The van der Waals surface area contributed by atoms with E-state index in [0.717, 1.165) is 76.5 Å². The average molecular weight is 517 g/mol. The van der Waals surface area contributed by atoms with Gasteiger partial charge in [0.05, 0.1) is 6.10 Å². The molecule has 4 saturated carbocycles. The third-order valence-electron chi connectivity index (χ3n) is 10.9. The SMILES string of the molecule is CCCCC1CCC(OCC2CCC(C3CCC(C4CCC(CC)CC4)C(F)C3F)CC2)C(F)C1F. The molecule has 8 unspecified atom stereocenters. The Morgan fingerprint density at radius 3 is 1.67 bits per heavy atom. The van der Waals surface area contributed by atoms with E-state index in [1.54, 1.807) is 0 Å². The van der Waals surface area contributed by atoms with Gasteiger partial charge < -0.3 is 4.74 Å². The summed E-state index contributed by atoms with van der Waals surface area (Å²) in [6, 6.07) is 0. The molecule has 0 bridgehead atoms. The van der Waals surface area contributed by atoms with Gasteiger partial charge in [0.25, 0.3) is 0 Å². The van der Waals surface area contributed by atoms with Crippen molar-refractivity contribution in [1.29, 1.82) is 0 Å². The molecular weight excluding hydrogens is 464 g/mol. The van der Waals surface area contributed by atoms with Gasteiger partial charge in [-0.25, -0.2) is 17.6 Å². The predicted molar refractivity (Wildman–Crippen MR) is 139 cm³/mol. The van der Waals surface area contributed by atoms with Crippen molar-refractivity contribution in [3.05, 3.63) is 0 Å². The molecule has 0 aliphatic heterocycles. The molecule has 0 spiro atoms. The van der Waals surface area contributed by atoms with E-state index in [9.17, 15) is 8.78 Å². The minimum atomic E-state index is -1.52. The summed E-state index contributed by atoms with van der Waals surface area (Å²) < 4.78 is 65.9. The van der Waals surface area contributed by atoms with E-state index in [0.29, 0.717) is 31.3 Å². The standard InChI is InChI=1S/C31H52F4O/c1-3-5-6-24-15-18-27(31(35)28(24)32)36-19-21-9-13-23(14-10-21)26-17-16-25(29(33)30(26)34)22-11-7-20(4-2)8-12-22/h20-31H,3-19H2,1-2H3. The summed E-state index contributed by atoms with van der Waals surface area (Å²) in [7, 11) is 0. The molecule has 210 valence electrons. The van der Waals surface area contributed by atoms with Gasteiger partial charge in [-0.2, -0.15) is 0 Å². The Balaban J connectivity index is 1.18. The number of hydrogen-bond donors (Lipinski definition) is 0. The van der Waals surface area contributed by atoms with Crippen molar-refractivity contribution in [2.24, 2.45) is 41.4 Å². The van der Waals surface area contributed by atoms with E-state index in [1.165, 1.54) is 19.3 Å². The summed E-state index contributed by atoms with van der Waals surface area (Å²) in [6.45, 7) is 4.79. The summed E-state index contributed by atoms with van der Waals surface area (Å²) in [5.74, 6) is 1.35. The predicted octanol–water partition coefficient (Wildman–Crippen LogP) is 9.37. The Morgan fingerprint density at radius 2 is 1.14 bits per heavy atom. The molecule has 0 heterocycles. The first-order chi connectivity index (χ1) is 17.4. The molecule has 4 rings (SSSR count). The quantitative estimate of drug-likeness (QED) is 0.277. The second-order valence-corrected chi connectivity index (χ2v) is 13.0. The molecule has 0 amide bonds. The third-order valence-corrected chi connectivity index (χ3v) is 10.9. The minimum absolute atomic E-state index is 0.0798. The molecule has 36 heavy (non-hydrogen) atoms. The van der Waals surface area contributed by atoms with Crippen LogP contribution in [-0.4, -0.2) is 37.4 Å². The smallest absolute Gasteiger partial charge is 0.157 e. The lowest BCUT2D eigenvalue weighted by Gasteiger charge is -2.44. The number of halogens is 4. The van der Waals surface area contributed by atoms with Crippen molar-refractivity contribution in [2.75, 3.05) is 6.61 Å². The molecule has 0 radical (unpaired) electrons. The Bertz CT molecular complexity index is 630. The molecule has 4 aliphatic carbocycles. The second-order valence-electron chi connectivity index (χ2n) is 13.0. The van der Waals surface area contributed by atoms with E-state index >= 15 is 8.78 Å². The molecular formula is C31H52F4O. The molecule has 0 saturated heterocycles. The maximum atomic E-state index is 15.4. The van der Waals surface area contributed by atoms with Crippen LogP contribution in [0.1, 0.15) is 117 Å². The van der Waals surface area contributed by atoms with E-state index in [2.05, 4.69) is 13.8 Å². The van der Waals surface area contributed by atoms with Crippen LogP contribution >= 0.6 is 0 Å². The molecule has 5 heteroatoms. The van der Waals surface area contributed by atoms with Crippen LogP contribution < -0.4 is 0 Å². The number of unbranched alkanes of at least 4 members (excludes halogenated alkanes) is 1. The van der Waals surface area contributed by atoms with Gasteiger partial charge in [-0.15, -0.1) is 0 Å². The molecule has 4 fully saturated rings. The number of rotatable bonds is 9. The number of ether oxygens (including phenoxy) is 1. The van der Waals surface area contributed by atoms with Crippen LogP contribution in [0.15, 0.2) is 0 Å². The van der Waals surface area contributed by atoms with Gasteiger partial charge in [-0.05, 0) is 112 Å². The largest absolute Gasteiger partial charge is 0.375 e. The summed E-state index contributed by atoms with van der Waals surface area (Å²) in [6.07, 6.45) is 8.99. The van der Waals surface area contributed by atoms with Crippen LogP contribution in [0, 0.1) is 41.4 Å². The molecule has 4 aliphatic rings. The van der Waals surface area contributed by atoms with Crippen LogP contribution in [-0.2, 0) is 4.74 Å². The topological polar surface area (TPSA) is 9.23 Å². The summed E-state index contributed by atoms with van der Waals surface area (Å²) in [4.78, 5) is 0. The fourth-order valence-corrected chi connectivity index (χ4v) is 8.34. The Kier molecular flexibility index (Phi) is 10.9. The lowest BCUT2D eigenvalue weighted by molar-refractivity contribution is -0.0894. The highest BCUT2D eigenvalue weighted by Crippen LogP contribution is 2.48. The van der Waals surface area contributed by atoms with Crippen molar-refractivity contribution in [1.82, 2.24) is 0 Å². The van der Waals surface area contributed by atoms with Gasteiger partial charge in [-0.3, -0.25) is 0 Å². The molecule has 0 aromatic rings. The van der Waals surface area contributed by atoms with E-state index in [-0.39, 0.29) is 23.7 Å². The van der Waals surface area contributed by atoms with Crippen LogP contribution in [0.25, 0.3) is 0 Å². The van der Waals surface area contributed by atoms with Gasteiger partial charge in [0.2, 0.25) is 0 Å².